The zero-order valence-electron chi connectivity index (χ0n) is 19.2. The van der Waals surface area contributed by atoms with Gasteiger partial charge in [-0.15, -0.1) is 11.8 Å². The molecule has 0 spiro atoms. The summed E-state index contributed by atoms with van der Waals surface area (Å²) < 4.78 is 11.5. The molecule has 2 N–H and O–H groups in total. The van der Waals surface area contributed by atoms with E-state index in [-0.39, 0.29) is 17.8 Å². The summed E-state index contributed by atoms with van der Waals surface area (Å²) >= 11 is 2.49. The molecule has 1 aromatic carbocycles. The van der Waals surface area contributed by atoms with Gasteiger partial charge < -0.3 is 19.5 Å². The third-order valence-corrected chi connectivity index (χ3v) is 7.90. The number of nitrogens with zero attached hydrogens (tertiary/aromatic N) is 2. The van der Waals surface area contributed by atoms with E-state index in [1.165, 1.54) is 23.1 Å². The number of urea groups is 1. The number of benzene rings is 1. The van der Waals surface area contributed by atoms with E-state index >= 15 is 0 Å². The van der Waals surface area contributed by atoms with Crippen LogP contribution in [0.3, 0.4) is 0 Å². The summed E-state index contributed by atoms with van der Waals surface area (Å²) in [6.45, 7) is 2.84. The molecule has 0 aliphatic heterocycles. The molecule has 0 bridgehead atoms. The van der Waals surface area contributed by atoms with Gasteiger partial charge in [-0.3, -0.25) is 10.1 Å². The van der Waals surface area contributed by atoms with Crippen LogP contribution in [0.25, 0.3) is 0 Å². The molecule has 10 heteroatoms. The lowest BCUT2D eigenvalue weighted by atomic mass is 9.86. The van der Waals surface area contributed by atoms with E-state index in [1.807, 2.05) is 23.1 Å². The number of anilines is 1. The molecule has 2 amide bonds. The summed E-state index contributed by atoms with van der Waals surface area (Å²) in [5.41, 5.74) is 1.07. The van der Waals surface area contributed by atoms with Crippen LogP contribution in [-0.2, 0) is 11.2 Å². The summed E-state index contributed by atoms with van der Waals surface area (Å²) in [5.74, 6) is 1.12. The van der Waals surface area contributed by atoms with Crippen LogP contribution in [-0.4, -0.2) is 59.5 Å². The molecule has 1 aliphatic rings. The van der Waals surface area contributed by atoms with Crippen LogP contribution in [0.4, 0.5) is 9.93 Å². The van der Waals surface area contributed by atoms with Crippen molar-refractivity contribution in [1.82, 2.24) is 9.88 Å². The van der Waals surface area contributed by atoms with Gasteiger partial charge in [0.2, 0.25) is 0 Å². The van der Waals surface area contributed by atoms with Crippen LogP contribution in [0, 0.1) is 5.92 Å². The maximum atomic E-state index is 13.2. The molecule has 2 aromatic rings. The van der Waals surface area contributed by atoms with Crippen molar-refractivity contribution in [3.8, 4) is 11.5 Å². The summed E-state index contributed by atoms with van der Waals surface area (Å²) in [6, 6.07) is 5.84. The van der Waals surface area contributed by atoms with Gasteiger partial charge in [-0.05, 0) is 55.7 Å². The monoisotopic (exact) mass is 493 g/mol. The number of thioether (sulfide) groups is 1. The first-order valence-electron chi connectivity index (χ1n) is 11.0. The zero-order valence-corrected chi connectivity index (χ0v) is 20.8. The molecule has 1 fully saturated rings. The molecule has 1 aromatic heterocycles. The number of carbonyl (C=O) groups is 2. The van der Waals surface area contributed by atoms with Crippen LogP contribution in [0.5, 0.6) is 11.5 Å². The molecule has 1 aliphatic carbocycles. The van der Waals surface area contributed by atoms with Crippen LogP contribution < -0.4 is 14.8 Å². The van der Waals surface area contributed by atoms with E-state index in [4.69, 9.17) is 14.6 Å². The molecule has 0 saturated heterocycles. The Kier molecular flexibility index (Phi) is 9.25. The third-order valence-electron chi connectivity index (χ3n) is 5.81. The molecule has 0 radical (unpaired) electrons. The predicted molar refractivity (Wildman–Crippen MR) is 131 cm³/mol. The molecule has 180 valence electrons. The summed E-state index contributed by atoms with van der Waals surface area (Å²) in [5, 5.41) is 12.3. The Morgan fingerprint density at radius 1 is 1.21 bits per heavy atom. The van der Waals surface area contributed by atoms with Crippen LogP contribution in [0.1, 0.15) is 38.2 Å². The second-order valence-electron chi connectivity index (χ2n) is 8.14. The number of hydrogen-bond donors (Lipinski definition) is 2. The van der Waals surface area contributed by atoms with Crippen molar-refractivity contribution in [2.75, 3.05) is 31.8 Å². The summed E-state index contributed by atoms with van der Waals surface area (Å²) in [6.07, 6.45) is 6.48. The van der Waals surface area contributed by atoms with Crippen molar-refractivity contribution in [1.29, 1.82) is 0 Å². The second-order valence-corrected chi connectivity index (χ2v) is 10.4. The molecule has 8 nitrogen and oxygen atoms in total. The lowest BCUT2D eigenvalue weighted by Gasteiger charge is -2.36. The fraction of sp³-hybridized carbons (Fsp3) is 0.522. The highest BCUT2D eigenvalue weighted by Crippen LogP contribution is 2.31. The fourth-order valence-electron chi connectivity index (χ4n) is 3.97. The van der Waals surface area contributed by atoms with Gasteiger partial charge in [0.15, 0.2) is 16.6 Å². The molecule has 1 saturated carbocycles. The molecule has 0 unspecified atom stereocenters. The Bertz CT molecular complexity index is 944. The van der Waals surface area contributed by atoms with Gasteiger partial charge in [0.05, 0.1) is 30.4 Å². The number of hydrogen-bond acceptors (Lipinski definition) is 7. The van der Waals surface area contributed by atoms with E-state index in [9.17, 15) is 9.59 Å². The Hall–Kier alpha value is -2.46. The minimum atomic E-state index is -0.883. The van der Waals surface area contributed by atoms with E-state index in [0.717, 1.165) is 35.5 Å². The maximum Gasteiger partial charge on any atom is 0.323 e. The minimum absolute atomic E-state index is 0.0344. The number of nitrogens with one attached hydrogen (secondary N) is 1. The van der Waals surface area contributed by atoms with E-state index in [0.29, 0.717) is 35.5 Å². The van der Waals surface area contributed by atoms with Crippen molar-refractivity contribution in [2.45, 2.75) is 49.3 Å². The third kappa shape index (κ3) is 7.26. The maximum absolute atomic E-state index is 13.2. The standard InChI is InChI=1S/C23H31N3O5S2/c1-15-4-7-17(8-5-15)26(11-10-16-6-9-18(30-2)19(12-16)31-3)23(29)25-22-24-13-21(33-22)32-14-20(27)28/h6,9,12-13,15,17H,4-5,7-8,10-11,14H2,1-3H3,(H,27,28)(H,24,25,29)/t15-,17-. The van der Waals surface area contributed by atoms with Crippen molar-refractivity contribution in [3.63, 3.8) is 0 Å². The first-order valence-corrected chi connectivity index (χ1v) is 12.8. The van der Waals surface area contributed by atoms with Crippen LogP contribution in [0.15, 0.2) is 28.6 Å². The number of amides is 2. The van der Waals surface area contributed by atoms with Crippen molar-refractivity contribution < 1.29 is 24.2 Å². The van der Waals surface area contributed by atoms with Gasteiger partial charge in [0.25, 0.3) is 0 Å². The number of aromatic nitrogens is 1. The number of thiazole rings is 1. The summed E-state index contributed by atoms with van der Waals surface area (Å²) in [4.78, 5) is 30.2. The number of aliphatic carboxylic acids is 1. The largest absolute Gasteiger partial charge is 0.493 e. The highest BCUT2D eigenvalue weighted by Gasteiger charge is 2.28. The van der Waals surface area contributed by atoms with Gasteiger partial charge in [-0.25, -0.2) is 9.78 Å². The Labute approximate surface area is 202 Å². The highest BCUT2D eigenvalue weighted by molar-refractivity contribution is 8.01. The smallest absolute Gasteiger partial charge is 0.323 e. The normalized spacial score (nSPS) is 17.9. The SMILES string of the molecule is COc1ccc(CCN(C(=O)Nc2ncc(SCC(=O)O)s2)[C@H]2CC[C@H](C)CC2)cc1OC. The average Bonchev–Trinajstić information content (AvgIpc) is 3.26. The minimum Gasteiger partial charge on any atom is -0.493 e. The molecule has 3 rings (SSSR count). The lowest BCUT2D eigenvalue weighted by Crippen LogP contribution is -2.45. The van der Waals surface area contributed by atoms with Crippen molar-refractivity contribution in [2.24, 2.45) is 5.92 Å². The Morgan fingerprint density at radius 2 is 1.94 bits per heavy atom. The topological polar surface area (TPSA) is 101 Å². The van der Waals surface area contributed by atoms with Gasteiger partial charge in [0, 0.05) is 12.6 Å². The molecule has 1 heterocycles. The molecule has 33 heavy (non-hydrogen) atoms. The average molecular weight is 494 g/mol. The number of carboxylic acid groups (broad SMARTS) is 1. The molecule has 0 atom stereocenters. The quantitative estimate of drug-likeness (QED) is 0.450. The zero-order chi connectivity index (χ0) is 23.8. The number of carboxylic acids is 1. The van der Waals surface area contributed by atoms with Gasteiger partial charge in [-0.2, -0.15) is 0 Å². The Morgan fingerprint density at radius 3 is 2.61 bits per heavy atom. The first kappa shape index (κ1) is 25.2. The highest BCUT2D eigenvalue weighted by atomic mass is 32.2. The van der Waals surface area contributed by atoms with Crippen molar-refractivity contribution in [3.05, 3.63) is 30.0 Å². The van der Waals surface area contributed by atoms with Crippen molar-refractivity contribution >= 4 is 40.2 Å². The number of rotatable bonds is 10. The second kappa shape index (κ2) is 12.1. The summed E-state index contributed by atoms with van der Waals surface area (Å²) in [7, 11) is 3.22. The van der Waals surface area contributed by atoms with E-state index in [1.54, 1.807) is 20.4 Å². The number of carbonyl (C=O) groups excluding carboxylic acids is 1. The van der Waals surface area contributed by atoms with E-state index in [2.05, 4.69) is 17.2 Å². The Balaban J connectivity index is 1.68. The first-order chi connectivity index (χ1) is 15.9. The van der Waals surface area contributed by atoms with Crippen LogP contribution >= 0.6 is 23.1 Å². The van der Waals surface area contributed by atoms with Gasteiger partial charge in [-0.1, -0.05) is 24.3 Å². The van der Waals surface area contributed by atoms with Gasteiger partial charge in [0.1, 0.15) is 0 Å². The molecular weight excluding hydrogens is 462 g/mol. The predicted octanol–water partition coefficient (Wildman–Crippen LogP) is 4.99. The van der Waals surface area contributed by atoms with E-state index < -0.39 is 5.97 Å². The number of ether oxygens (including phenoxy) is 2. The molecular formula is C23H31N3O5S2. The fourth-order valence-corrected chi connectivity index (χ4v) is 5.55. The number of methoxy groups -OCH3 is 2. The van der Waals surface area contributed by atoms with Crippen LogP contribution in [0.2, 0.25) is 0 Å². The lowest BCUT2D eigenvalue weighted by molar-refractivity contribution is -0.133. The van der Waals surface area contributed by atoms with Gasteiger partial charge >= 0.3 is 12.0 Å².